The zero-order valence-electron chi connectivity index (χ0n) is 10.0. The van der Waals surface area contributed by atoms with Crippen LogP contribution in [0.2, 0.25) is 0 Å². The van der Waals surface area contributed by atoms with Gasteiger partial charge >= 0.3 is 0 Å². The number of anilines is 3. The van der Waals surface area contributed by atoms with Crippen LogP contribution in [0.1, 0.15) is 12.5 Å². The molecule has 5 nitrogen and oxygen atoms in total. The van der Waals surface area contributed by atoms with Crippen molar-refractivity contribution < 1.29 is 0 Å². The highest BCUT2D eigenvalue weighted by molar-refractivity contribution is 5.64. The first-order chi connectivity index (χ1) is 8.83. The van der Waals surface area contributed by atoms with Crippen molar-refractivity contribution in [3.05, 3.63) is 42.1 Å². The number of nitrogens with zero attached hydrogens (tertiary/aromatic N) is 3. The molecule has 5 heteroatoms. The average Bonchev–Trinajstić information content (AvgIpc) is 2.40. The molecule has 0 aliphatic heterocycles. The largest absolute Gasteiger partial charge is 0.354 e. The SMILES string of the molecule is CCNc1nccc(Nc2ccccc2C#N)n1. The smallest absolute Gasteiger partial charge is 0.224 e. The molecule has 1 aromatic heterocycles. The Kier molecular flexibility index (Phi) is 3.72. The fraction of sp³-hybridized carbons (Fsp3) is 0.154. The van der Waals surface area contributed by atoms with Gasteiger partial charge in [-0.25, -0.2) is 4.98 Å². The molecule has 90 valence electrons. The van der Waals surface area contributed by atoms with Crippen molar-refractivity contribution in [1.29, 1.82) is 5.26 Å². The van der Waals surface area contributed by atoms with E-state index in [4.69, 9.17) is 5.26 Å². The van der Waals surface area contributed by atoms with Crippen molar-refractivity contribution in [2.24, 2.45) is 0 Å². The summed E-state index contributed by atoms with van der Waals surface area (Å²) in [5.41, 5.74) is 1.32. The number of aromatic nitrogens is 2. The first-order valence-electron chi connectivity index (χ1n) is 5.66. The van der Waals surface area contributed by atoms with Crippen molar-refractivity contribution in [3.8, 4) is 6.07 Å². The van der Waals surface area contributed by atoms with Crippen LogP contribution in [0.3, 0.4) is 0 Å². The summed E-state index contributed by atoms with van der Waals surface area (Å²) in [5, 5.41) is 15.1. The van der Waals surface area contributed by atoms with Crippen molar-refractivity contribution in [3.63, 3.8) is 0 Å². The topological polar surface area (TPSA) is 73.6 Å². The van der Waals surface area contributed by atoms with Crippen LogP contribution in [0.4, 0.5) is 17.5 Å². The summed E-state index contributed by atoms with van der Waals surface area (Å²) in [5.74, 6) is 1.22. The molecular weight excluding hydrogens is 226 g/mol. The molecular formula is C13H13N5. The van der Waals surface area contributed by atoms with E-state index in [1.807, 2.05) is 25.1 Å². The Morgan fingerprint density at radius 1 is 1.28 bits per heavy atom. The Morgan fingerprint density at radius 3 is 2.89 bits per heavy atom. The lowest BCUT2D eigenvalue weighted by atomic mass is 10.2. The normalized spacial score (nSPS) is 9.56. The summed E-state index contributed by atoms with van der Waals surface area (Å²) < 4.78 is 0. The molecule has 18 heavy (non-hydrogen) atoms. The molecule has 0 amide bonds. The van der Waals surface area contributed by atoms with E-state index in [2.05, 4.69) is 26.7 Å². The fourth-order valence-electron chi connectivity index (χ4n) is 1.50. The van der Waals surface area contributed by atoms with Crippen molar-refractivity contribution in [2.45, 2.75) is 6.92 Å². The number of hydrogen-bond donors (Lipinski definition) is 2. The van der Waals surface area contributed by atoms with Gasteiger partial charge < -0.3 is 10.6 Å². The predicted octanol–water partition coefficient (Wildman–Crippen LogP) is 2.52. The highest BCUT2D eigenvalue weighted by atomic mass is 15.1. The van der Waals surface area contributed by atoms with Gasteiger partial charge in [-0.15, -0.1) is 0 Å². The Labute approximate surface area is 106 Å². The molecule has 1 heterocycles. The third kappa shape index (κ3) is 2.74. The second-order valence-electron chi connectivity index (χ2n) is 3.58. The Bertz CT molecular complexity index is 574. The van der Waals surface area contributed by atoms with E-state index in [1.165, 1.54) is 0 Å². The lowest BCUT2D eigenvalue weighted by Gasteiger charge is -2.08. The number of nitriles is 1. The van der Waals surface area contributed by atoms with Gasteiger partial charge in [-0.2, -0.15) is 10.2 Å². The molecule has 0 bridgehead atoms. The number of benzene rings is 1. The summed E-state index contributed by atoms with van der Waals surface area (Å²) in [6.07, 6.45) is 1.67. The zero-order chi connectivity index (χ0) is 12.8. The number of rotatable bonds is 4. The van der Waals surface area contributed by atoms with E-state index in [0.717, 1.165) is 12.2 Å². The van der Waals surface area contributed by atoms with Crippen LogP contribution >= 0.6 is 0 Å². The van der Waals surface area contributed by atoms with E-state index in [0.29, 0.717) is 17.3 Å². The van der Waals surface area contributed by atoms with Gasteiger partial charge in [-0.05, 0) is 25.1 Å². The number of hydrogen-bond acceptors (Lipinski definition) is 5. The predicted molar refractivity (Wildman–Crippen MR) is 70.6 cm³/mol. The van der Waals surface area contributed by atoms with Gasteiger partial charge in [0, 0.05) is 12.7 Å². The quantitative estimate of drug-likeness (QED) is 0.857. The van der Waals surface area contributed by atoms with Gasteiger partial charge in [0.1, 0.15) is 11.9 Å². The molecule has 0 radical (unpaired) electrons. The minimum absolute atomic E-state index is 0.567. The highest BCUT2D eigenvalue weighted by Crippen LogP contribution is 2.18. The summed E-state index contributed by atoms with van der Waals surface area (Å²) >= 11 is 0. The molecule has 2 rings (SSSR count). The molecule has 2 N–H and O–H groups in total. The molecule has 0 fully saturated rings. The molecule has 0 saturated carbocycles. The van der Waals surface area contributed by atoms with Crippen LogP contribution < -0.4 is 10.6 Å². The highest BCUT2D eigenvalue weighted by Gasteiger charge is 2.02. The molecule has 0 aliphatic rings. The third-order valence-corrected chi connectivity index (χ3v) is 2.30. The van der Waals surface area contributed by atoms with Crippen LogP contribution in [0.5, 0.6) is 0 Å². The minimum atomic E-state index is 0.567. The summed E-state index contributed by atoms with van der Waals surface area (Å²) in [4.78, 5) is 8.38. The van der Waals surface area contributed by atoms with E-state index in [-0.39, 0.29) is 0 Å². The van der Waals surface area contributed by atoms with Gasteiger partial charge in [0.2, 0.25) is 5.95 Å². The maximum Gasteiger partial charge on any atom is 0.224 e. The second-order valence-corrected chi connectivity index (χ2v) is 3.58. The average molecular weight is 239 g/mol. The molecule has 0 unspecified atom stereocenters. The summed E-state index contributed by atoms with van der Waals surface area (Å²) in [6, 6.07) is 11.2. The van der Waals surface area contributed by atoms with E-state index in [1.54, 1.807) is 18.3 Å². The summed E-state index contributed by atoms with van der Waals surface area (Å²) in [6.45, 7) is 2.74. The molecule has 0 saturated heterocycles. The lowest BCUT2D eigenvalue weighted by molar-refractivity contribution is 1.09. The van der Waals surface area contributed by atoms with Crippen molar-refractivity contribution in [2.75, 3.05) is 17.2 Å². The monoisotopic (exact) mass is 239 g/mol. The standard InChI is InChI=1S/C13H13N5/c1-2-15-13-16-8-7-12(18-13)17-11-6-4-3-5-10(11)9-14/h3-8H,2H2,1H3,(H2,15,16,17,18). The van der Waals surface area contributed by atoms with Crippen LogP contribution in [-0.4, -0.2) is 16.5 Å². The molecule has 0 aliphatic carbocycles. The molecule has 2 aromatic rings. The Hall–Kier alpha value is -2.61. The van der Waals surface area contributed by atoms with E-state index in [9.17, 15) is 0 Å². The van der Waals surface area contributed by atoms with Gasteiger partial charge in [-0.3, -0.25) is 0 Å². The van der Waals surface area contributed by atoms with Crippen LogP contribution in [-0.2, 0) is 0 Å². The number of para-hydroxylation sites is 1. The van der Waals surface area contributed by atoms with Gasteiger partial charge in [-0.1, -0.05) is 12.1 Å². The number of nitrogens with one attached hydrogen (secondary N) is 2. The molecule has 0 atom stereocenters. The Balaban J connectivity index is 2.23. The first-order valence-corrected chi connectivity index (χ1v) is 5.66. The third-order valence-electron chi connectivity index (χ3n) is 2.30. The van der Waals surface area contributed by atoms with Crippen LogP contribution in [0.25, 0.3) is 0 Å². The summed E-state index contributed by atoms with van der Waals surface area (Å²) in [7, 11) is 0. The van der Waals surface area contributed by atoms with Crippen molar-refractivity contribution >= 4 is 17.5 Å². The zero-order valence-corrected chi connectivity index (χ0v) is 10.0. The first kappa shape index (κ1) is 11.9. The van der Waals surface area contributed by atoms with Crippen molar-refractivity contribution in [1.82, 2.24) is 9.97 Å². The van der Waals surface area contributed by atoms with E-state index >= 15 is 0 Å². The van der Waals surface area contributed by atoms with Gasteiger partial charge in [0.05, 0.1) is 11.3 Å². The minimum Gasteiger partial charge on any atom is -0.354 e. The fourth-order valence-corrected chi connectivity index (χ4v) is 1.50. The maximum atomic E-state index is 9.00. The second kappa shape index (κ2) is 5.64. The Morgan fingerprint density at radius 2 is 2.11 bits per heavy atom. The van der Waals surface area contributed by atoms with Gasteiger partial charge in [0.15, 0.2) is 0 Å². The van der Waals surface area contributed by atoms with Crippen LogP contribution in [0.15, 0.2) is 36.5 Å². The molecule has 1 aromatic carbocycles. The maximum absolute atomic E-state index is 9.00. The molecule has 0 spiro atoms. The van der Waals surface area contributed by atoms with Crippen LogP contribution in [0, 0.1) is 11.3 Å². The lowest BCUT2D eigenvalue weighted by Crippen LogP contribution is -2.04. The van der Waals surface area contributed by atoms with Gasteiger partial charge in [0.25, 0.3) is 0 Å². The van der Waals surface area contributed by atoms with E-state index < -0.39 is 0 Å².